The van der Waals surface area contributed by atoms with Crippen LogP contribution < -0.4 is 43.2 Å². The molecular formula is C110H118B2Br2F8IN11O9S3. The Morgan fingerprint density at radius 3 is 1.23 bits per heavy atom. The van der Waals surface area contributed by atoms with E-state index in [1.165, 1.54) is 67.0 Å². The normalized spacial score (nSPS) is 10.4. The van der Waals surface area contributed by atoms with Crippen LogP contribution in [-0.2, 0) is 14.0 Å². The van der Waals surface area contributed by atoms with Gasteiger partial charge in [0, 0.05) is 136 Å². The number of halogens is 11. The van der Waals surface area contributed by atoms with Crippen molar-refractivity contribution in [1.82, 2.24) is 19.9 Å². The molecule has 0 unspecified atom stereocenters. The summed E-state index contributed by atoms with van der Waals surface area (Å²) in [5.74, 6) is -3.41. The largest absolute Gasteiger partial charge is 0.490 e. The minimum atomic E-state index is -5.09. The molecule has 4 aromatic heterocycles. The van der Waals surface area contributed by atoms with E-state index in [9.17, 15) is 35.5 Å². The van der Waals surface area contributed by atoms with Crippen LogP contribution >= 0.6 is 90.0 Å². The Bertz CT molecular complexity index is 6880. The summed E-state index contributed by atoms with van der Waals surface area (Å²) in [7, 11) is -1.40. The fraction of sp³-hybridized carbons (Fsp3) is 0.209. The Morgan fingerprint density at radius 2 is 0.856 bits per heavy atom. The van der Waals surface area contributed by atoms with E-state index in [0.29, 0.717) is 76.2 Å². The number of aryl methyl sites for hydroxylation is 10. The number of benzene rings is 10. The number of rotatable bonds is 22. The zero-order valence-corrected chi connectivity index (χ0v) is 91.2. The summed E-state index contributed by atoms with van der Waals surface area (Å²) >= 11 is 12.9. The molecule has 0 aliphatic heterocycles. The number of amides is 1. The van der Waals surface area contributed by atoms with Crippen LogP contribution in [0.4, 0.5) is 63.6 Å². The van der Waals surface area contributed by atoms with Crippen LogP contribution in [0.1, 0.15) is 105 Å². The average molecular weight is 2290 g/mol. The molecule has 4 heterocycles. The smallest absolute Gasteiger partial charge is 0.423 e. The molecule has 0 spiro atoms. The van der Waals surface area contributed by atoms with Crippen molar-refractivity contribution in [3.8, 4) is 83.8 Å². The number of nitrogens with two attached hydrogens (primary N) is 3. The number of alkyl halides is 3. The third-order valence-corrected chi connectivity index (χ3v) is 26.0. The van der Waals surface area contributed by atoms with Gasteiger partial charge in [0.15, 0.2) is 0 Å². The van der Waals surface area contributed by atoms with Crippen molar-refractivity contribution in [3.63, 3.8) is 0 Å². The quantitative estimate of drug-likeness (QED) is 0.00260. The highest BCUT2D eigenvalue weighted by Crippen LogP contribution is 2.41. The highest BCUT2D eigenvalue weighted by molar-refractivity contribution is 14.1. The lowest BCUT2D eigenvalue weighted by Crippen LogP contribution is -2.41. The van der Waals surface area contributed by atoms with Gasteiger partial charge in [-0.25, -0.2) is 41.8 Å². The second kappa shape index (κ2) is 59.1. The van der Waals surface area contributed by atoms with Gasteiger partial charge in [0.1, 0.15) is 34.1 Å². The zero-order valence-electron chi connectivity index (χ0n) is 83.4. The summed E-state index contributed by atoms with van der Waals surface area (Å²) in [5, 5.41) is 54.3. The Labute approximate surface area is 893 Å². The van der Waals surface area contributed by atoms with Crippen molar-refractivity contribution in [1.29, 1.82) is 0 Å². The standard InChI is InChI=1S/C27H26F4N2O3S.C27H30FN3O.C20H19FN2S.C14H13BrFN.C8H10BBrO2.C6H8BNO2S.C6H5FIN.CH3NO.CH4/c1-16(2)10-11-33(26(34)27(29,30)31)20-7-8-21(24(28)14-20)23-13-17(3)22(12-18(23)4)19-6-9-25(32-15-19)37-36-35-5;1-17(2)11-12-29-22-8-9-23(26(28)15-22)25-14-19(5)24(13-20(25)6)21-7-10-27(30-16-21)32-31-18(3)4;1-12-9-18(16-6-5-15(22)10-19(16)21)13(2)8-17(12)14-4-7-20(24-3)23-11-14;1-8-6-13(15)9(2)5-12(8)11-4-3-10(17)7-14(11)16;1-5-4-8(10)6(2)3-7(5)9(11)12;1-11-6-3-2-5(4-8-6)7(9)10;7-5-3-4(9)1-2-6(5)8;1-2-3;/h6-10,12-15H,11H2,1-5H3;7-11,13-16,29H,12H2,1-6H3;4-11H,22H2,1-3H3;3-7H,17H2,1-2H3;3-4,11-12H,1-2H3;2-4,9-10H,1H3;1-3H,9H2;3H,1H2;1H4. The monoisotopic (exact) mass is 2290 g/mol. The maximum absolute atomic E-state index is 15.3. The lowest BCUT2D eigenvalue weighted by atomic mass is 9.77. The summed E-state index contributed by atoms with van der Waals surface area (Å²) in [6.45, 7) is 33.7. The lowest BCUT2D eigenvalue weighted by molar-refractivity contribution is -0.170. The molecule has 768 valence electrons. The first-order valence-electron chi connectivity index (χ1n) is 44.5. The summed E-state index contributed by atoms with van der Waals surface area (Å²) in [6, 6.07) is 57.7. The summed E-state index contributed by atoms with van der Waals surface area (Å²) < 4.78 is 118. The first kappa shape index (κ1) is 123. The number of allylic oxidation sites excluding steroid dienone is 2. The SMILES string of the molecule is C.C=NO.CC(C)=CCNc1ccc(-c2cc(C)c(-c3ccc(ON=C(C)C)nc3)cc2C)c(F)c1.COOSc1ccc(-c2cc(C)c(-c3ccc(N(CC=C(C)C)C(=O)C(F)(F)F)cc3F)cc2C)cn1.CSc1ccc(-c2cc(C)c(-c3ccc(N)cc3F)cc2C)cn1.CSc1ccc(B(O)O)cn1.Cc1cc(-c2ccc(N)cc2F)c(C)cc1Br.Cc1cc(B(O)O)c(C)cc1Br.Nc1ccc(I)c(F)c1. The molecule has 0 saturated carbocycles. The summed E-state index contributed by atoms with van der Waals surface area (Å²) in [5.41, 5.74) is 43.2. The highest BCUT2D eigenvalue weighted by atomic mass is 127. The van der Waals surface area contributed by atoms with E-state index in [0.717, 1.165) is 160 Å². The molecule has 12 N–H and O–H groups in total. The van der Waals surface area contributed by atoms with Gasteiger partial charge in [-0.1, -0.05) is 134 Å². The minimum absolute atomic E-state index is 0. The molecule has 0 aliphatic carbocycles. The van der Waals surface area contributed by atoms with Crippen LogP contribution in [0.5, 0.6) is 5.88 Å². The number of hydrogen-bond donors (Lipinski definition) is 9. The highest BCUT2D eigenvalue weighted by Gasteiger charge is 2.43. The van der Waals surface area contributed by atoms with E-state index in [2.05, 4.69) is 103 Å². The van der Waals surface area contributed by atoms with Crippen molar-refractivity contribution in [2.75, 3.05) is 60.1 Å². The van der Waals surface area contributed by atoms with Crippen molar-refractivity contribution < 1.29 is 79.3 Å². The van der Waals surface area contributed by atoms with E-state index >= 15 is 4.39 Å². The molecule has 0 atom stereocenters. The molecular weight excluding hydrogens is 2180 g/mol. The van der Waals surface area contributed by atoms with Crippen LogP contribution in [0, 0.1) is 102 Å². The van der Waals surface area contributed by atoms with E-state index in [1.807, 2.05) is 211 Å². The summed E-state index contributed by atoms with van der Waals surface area (Å²) in [4.78, 5) is 39.4. The predicted molar refractivity (Wildman–Crippen MR) is 603 cm³/mol. The number of thioether (sulfide) groups is 2. The Hall–Kier alpha value is -12.0. The third kappa shape index (κ3) is 37.1. The molecule has 0 fully saturated rings. The molecule has 14 aromatic rings. The van der Waals surface area contributed by atoms with Gasteiger partial charge in [0.05, 0.1) is 34.9 Å². The third-order valence-electron chi connectivity index (χ3n) is 21.5. The number of nitrogen functional groups attached to an aromatic ring is 3. The minimum Gasteiger partial charge on any atom is -0.423 e. The van der Waals surface area contributed by atoms with E-state index in [1.54, 1.807) is 111 Å². The number of aromatic nitrogens is 4. The first-order chi connectivity index (χ1) is 68.5. The molecule has 1 amide bonds. The Kier molecular flexibility index (Phi) is 49.6. The van der Waals surface area contributed by atoms with Crippen molar-refractivity contribution in [2.45, 2.75) is 139 Å². The van der Waals surface area contributed by atoms with Gasteiger partial charge >= 0.3 is 26.3 Å². The summed E-state index contributed by atoms with van der Waals surface area (Å²) in [6.07, 6.45) is 9.19. The number of anilines is 5. The van der Waals surface area contributed by atoms with Crippen LogP contribution in [0.15, 0.2) is 283 Å². The number of nitrogens with one attached hydrogen (secondary N) is 1. The molecule has 0 saturated heterocycles. The van der Waals surface area contributed by atoms with Gasteiger partial charge in [-0.2, -0.15) is 17.5 Å². The maximum Gasteiger partial charge on any atom is 0.490 e. The Morgan fingerprint density at radius 1 is 0.473 bits per heavy atom. The molecule has 20 nitrogen and oxygen atoms in total. The molecule has 14 rings (SSSR count). The fourth-order valence-electron chi connectivity index (χ4n) is 14.0. The first-order valence-corrected chi connectivity index (χ1v) is 50.4. The number of nitrogens with zero attached hydrogens (tertiary/aromatic N) is 7. The second-order valence-corrected chi connectivity index (χ2v) is 38.8. The van der Waals surface area contributed by atoms with Gasteiger partial charge in [-0.05, 0) is 374 Å². The maximum atomic E-state index is 15.3. The second-order valence-electron chi connectivity index (χ2n) is 33.5. The molecule has 0 aliphatic rings. The molecule has 0 bridgehead atoms. The number of pyridine rings is 4. The number of hydrogen-bond acceptors (Lipinski definition) is 22. The topological polar surface area (TPSA) is 316 Å². The molecule has 36 heteroatoms. The molecule has 0 radical (unpaired) electrons. The van der Waals surface area contributed by atoms with E-state index in [-0.39, 0.29) is 48.5 Å². The predicted octanol–water partition coefficient (Wildman–Crippen LogP) is 27.8. The number of oxime groups is 2. The Balaban J connectivity index is 0.000000272. The van der Waals surface area contributed by atoms with Gasteiger partial charge < -0.3 is 57.6 Å². The molecule has 10 aromatic carbocycles. The average Bonchev–Trinajstić information content (AvgIpc) is 0.779. The van der Waals surface area contributed by atoms with Gasteiger partial charge in [0.2, 0.25) is 5.88 Å². The van der Waals surface area contributed by atoms with Crippen LogP contribution in [0.2, 0.25) is 0 Å². The van der Waals surface area contributed by atoms with Gasteiger partial charge in [0.25, 0.3) is 0 Å². The van der Waals surface area contributed by atoms with Crippen molar-refractivity contribution in [3.05, 3.63) is 346 Å². The van der Waals surface area contributed by atoms with E-state index < -0.39 is 32.1 Å². The molecule has 146 heavy (non-hydrogen) atoms. The number of carbonyl (C=O) groups excluding carboxylic acids is 1. The zero-order chi connectivity index (χ0) is 108. The fourth-order valence-corrected chi connectivity index (χ4v) is 16.3. The van der Waals surface area contributed by atoms with Gasteiger partial charge in [-0.15, -0.1) is 28.7 Å². The van der Waals surface area contributed by atoms with Crippen molar-refractivity contribution >= 4 is 162 Å². The van der Waals surface area contributed by atoms with Crippen LogP contribution in [0.3, 0.4) is 0 Å². The lowest BCUT2D eigenvalue weighted by Gasteiger charge is -2.23. The van der Waals surface area contributed by atoms with Crippen LogP contribution in [-0.4, -0.2) is 117 Å². The van der Waals surface area contributed by atoms with E-state index in [4.69, 9.17) is 51.7 Å². The number of carbonyl (C=O) groups is 1. The van der Waals surface area contributed by atoms with Crippen molar-refractivity contribution in [2.24, 2.45) is 10.3 Å². The van der Waals surface area contributed by atoms with Crippen LogP contribution in [0.25, 0.3) is 77.9 Å². The van der Waals surface area contributed by atoms with Gasteiger partial charge in [-0.3, -0.25) is 9.78 Å².